The van der Waals surface area contributed by atoms with Gasteiger partial charge in [0.05, 0.1) is 12.3 Å². The molecule has 114 valence electrons. The van der Waals surface area contributed by atoms with Gasteiger partial charge >= 0.3 is 0 Å². The molecule has 0 aliphatic carbocycles. The van der Waals surface area contributed by atoms with Crippen LogP contribution < -0.4 is 5.73 Å². The van der Waals surface area contributed by atoms with Crippen molar-refractivity contribution >= 4 is 11.3 Å². The number of anilines is 1. The standard InChI is InChI=1S/C14H19FN4O2/c1-7-4-8(19-10(7)13(16)17-6-18-19)12-14(2,3)11(15)9(5-20)21-12/h4,6,9,11-12,20H,5H2,1-3H3,(H2,16,17,18)/t9-,11-,12+/m1/s1. The number of aliphatic hydroxyl groups is 1. The summed E-state index contributed by atoms with van der Waals surface area (Å²) >= 11 is 0. The molecule has 0 saturated carbocycles. The normalized spacial score (nSPS) is 28.3. The summed E-state index contributed by atoms with van der Waals surface area (Å²) in [7, 11) is 0. The van der Waals surface area contributed by atoms with Gasteiger partial charge in [-0.25, -0.2) is 13.9 Å². The van der Waals surface area contributed by atoms with E-state index in [1.807, 2.05) is 13.0 Å². The van der Waals surface area contributed by atoms with Gasteiger partial charge in [0, 0.05) is 5.41 Å². The van der Waals surface area contributed by atoms with Crippen molar-refractivity contribution in [1.29, 1.82) is 0 Å². The van der Waals surface area contributed by atoms with Crippen LogP contribution in [0.15, 0.2) is 12.4 Å². The molecule has 0 radical (unpaired) electrons. The molecule has 0 aromatic carbocycles. The van der Waals surface area contributed by atoms with Gasteiger partial charge in [-0.15, -0.1) is 0 Å². The molecule has 2 aromatic rings. The summed E-state index contributed by atoms with van der Waals surface area (Å²) in [5.74, 6) is 0.375. The molecule has 2 aromatic heterocycles. The van der Waals surface area contributed by atoms with Crippen molar-refractivity contribution < 1.29 is 14.2 Å². The second kappa shape index (κ2) is 4.64. The summed E-state index contributed by atoms with van der Waals surface area (Å²) in [5.41, 5.74) is 7.45. The van der Waals surface area contributed by atoms with E-state index in [0.717, 1.165) is 11.3 Å². The molecule has 7 heteroatoms. The summed E-state index contributed by atoms with van der Waals surface area (Å²) in [6.45, 7) is 5.13. The summed E-state index contributed by atoms with van der Waals surface area (Å²) in [5, 5.41) is 13.5. The molecule has 6 nitrogen and oxygen atoms in total. The molecule has 0 unspecified atom stereocenters. The monoisotopic (exact) mass is 294 g/mol. The van der Waals surface area contributed by atoms with Gasteiger partial charge in [0.1, 0.15) is 30.2 Å². The van der Waals surface area contributed by atoms with E-state index in [4.69, 9.17) is 10.5 Å². The molecule has 0 bridgehead atoms. The second-order valence-corrected chi connectivity index (χ2v) is 6.12. The van der Waals surface area contributed by atoms with Crippen LogP contribution in [0.4, 0.5) is 10.2 Å². The van der Waals surface area contributed by atoms with Gasteiger partial charge in [0.15, 0.2) is 5.82 Å². The van der Waals surface area contributed by atoms with E-state index in [2.05, 4.69) is 10.1 Å². The quantitative estimate of drug-likeness (QED) is 0.875. The minimum Gasteiger partial charge on any atom is -0.394 e. The smallest absolute Gasteiger partial charge is 0.151 e. The fourth-order valence-electron chi connectivity index (χ4n) is 3.10. The van der Waals surface area contributed by atoms with Crippen molar-refractivity contribution in [2.24, 2.45) is 5.41 Å². The van der Waals surface area contributed by atoms with Crippen molar-refractivity contribution in [3.8, 4) is 0 Å². The number of aliphatic hydroxyl groups excluding tert-OH is 1. The Morgan fingerprint density at radius 1 is 1.52 bits per heavy atom. The average molecular weight is 294 g/mol. The van der Waals surface area contributed by atoms with Crippen LogP contribution >= 0.6 is 0 Å². The molecule has 3 atom stereocenters. The first-order valence-corrected chi connectivity index (χ1v) is 6.87. The van der Waals surface area contributed by atoms with E-state index in [0.29, 0.717) is 11.3 Å². The first kappa shape index (κ1) is 14.2. The van der Waals surface area contributed by atoms with Gasteiger partial charge in [0.25, 0.3) is 0 Å². The predicted molar refractivity (Wildman–Crippen MR) is 75.5 cm³/mol. The lowest BCUT2D eigenvalue weighted by Crippen LogP contribution is -2.31. The molecule has 0 amide bonds. The molecule has 3 heterocycles. The van der Waals surface area contributed by atoms with E-state index in [9.17, 15) is 9.50 Å². The summed E-state index contributed by atoms with van der Waals surface area (Å²) < 4.78 is 21.8. The fraction of sp³-hybridized carbons (Fsp3) is 0.571. The van der Waals surface area contributed by atoms with Crippen LogP contribution in [-0.2, 0) is 4.74 Å². The summed E-state index contributed by atoms with van der Waals surface area (Å²) in [6.07, 6.45) is -1.23. The highest BCUT2D eigenvalue weighted by Crippen LogP contribution is 2.49. The number of nitrogens with zero attached hydrogens (tertiary/aromatic N) is 3. The zero-order valence-electron chi connectivity index (χ0n) is 12.2. The molecule has 3 N–H and O–H groups in total. The van der Waals surface area contributed by atoms with E-state index >= 15 is 0 Å². The number of halogens is 1. The molecule has 1 fully saturated rings. The Balaban J connectivity index is 2.15. The zero-order chi connectivity index (χ0) is 15.4. The second-order valence-electron chi connectivity index (χ2n) is 6.12. The van der Waals surface area contributed by atoms with Gasteiger partial charge in [0.2, 0.25) is 0 Å². The van der Waals surface area contributed by atoms with Crippen molar-refractivity contribution in [2.75, 3.05) is 12.3 Å². The lowest BCUT2D eigenvalue weighted by atomic mass is 9.81. The average Bonchev–Trinajstić information content (AvgIpc) is 2.87. The third kappa shape index (κ3) is 1.91. The predicted octanol–water partition coefficient (Wildman–Crippen LogP) is 1.42. The molecule has 3 rings (SSSR count). The van der Waals surface area contributed by atoms with Gasteiger partial charge in [-0.3, -0.25) is 0 Å². The number of alkyl halides is 1. The number of fused-ring (bicyclic) bond motifs is 1. The van der Waals surface area contributed by atoms with E-state index < -0.39 is 23.8 Å². The van der Waals surface area contributed by atoms with Gasteiger partial charge < -0.3 is 15.6 Å². The van der Waals surface area contributed by atoms with Gasteiger partial charge in [-0.05, 0) is 18.6 Å². The maximum Gasteiger partial charge on any atom is 0.151 e. The third-order valence-electron chi connectivity index (χ3n) is 4.27. The summed E-state index contributed by atoms with van der Waals surface area (Å²) in [6, 6.07) is 1.89. The lowest BCUT2D eigenvalue weighted by molar-refractivity contribution is -0.0142. The highest BCUT2D eigenvalue weighted by Gasteiger charge is 2.52. The highest BCUT2D eigenvalue weighted by molar-refractivity contribution is 5.70. The fourth-order valence-corrected chi connectivity index (χ4v) is 3.10. The number of nitrogen functional groups attached to an aromatic ring is 1. The summed E-state index contributed by atoms with van der Waals surface area (Å²) in [4.78, 5) is 3.98. The number of rotatable bonds is 2. The number of nitrogens with two attached hydrogens (primary N) is 1. The Morgan fingerprint density at radius 2 is 2.24 bits per heavy atom. The van der Waals surface area contributed by atoms with Crippen molar-refractivity contribution in [2.45, 2.75) is 39.2 Å². The van der Waals surface area contributed by atoms with Crippen LogP contribution in [0.5, 0.6) is 0 Å². The topological polar surface area (TPSA) is 85.7 Å². The largest absolute Gasteiger partial charge is 0.394 e. The van der Waals surface area contributed by atoms with Crippen LogP contribution in [0, 0.1) is 12.3 Å². The Labute approximate surface area is 121 Å². The first-order chi connectivity index (χ1) is 9.87. The van der Waals surface area contributed by atoms with E-state index in [-0.39, 0.29) is 6.61 Å². The number of aryl methyl sites for hydroxylation is 1. The van der Waals surface area contributed by atoms with Crippen LogP contribution in [0.3, 0.4) is 0 Å². The van der Waals surface area contributed by atoms with Crippen LogP contribution in [0.25, 0.3) is 5.52 Å². The highest BCUT2D eigenvalue weighted by atomic mass is 19.1. The molecular weight excluding hydrogens is 275 g/mol. The maximum atomic E-state index is 14.4. The molecule has 1 aliphatic heterocycles. The number of aromatic nitrogens is 3. The Hall–Kier alpha value is -1.73. The number of hydrogen-bond acceptors (Lipinski definition) is 5. The van der Waals surface area contributed by atoms with Gasteiger partial charge in [-0.1, -0.05) is 13.8 Å². The zero-order valence-corrected chi connectivity index (χ0v) is 12.2. The SMILES string of the molecule is Cc1cc([C@@H]2O[C@H](CO)[C@@H](F)C2(C)C)n2ncnc(N)c12. The molecule has 1 saturated heterocycles. The molecule has 21 heavy (non-hydrogen) atoms. The maximum absolute atomic E-state index is 14.4. The number of hydrogen-bond donors (Lipinski definition) is 2. The molecule has 1 aliphatic rings. The molecular formula is C14H19FN4O2. The van der Waals surface area contributed by atoms with Crippen LogP contribution in [-0.4, -0.2) is 38.6 Å². The lowest BCUT2D eigenvalue weighted by Gasteiger charge is -2.26. The van der Waals surface area contributed by atoms with Crippen molar-refractivity contribution in [3.63, 3.8) is 0 Å². The van der Waals surface area contributed by atoms with Gasteiger partial charge in [-0.2, -0.15) is 5.10 Å². The van der Waals surface area contributed by atoms with E-state index in [1.54, 1.807) is 18.4 Å². The van der Waals surface area contributed by atoms with Crippen molar-refractivity contribution in [3.05, 3.63) is 23.7 Å². The third-order valence-corrected chi connectivity index (χ3v) is 4.27. The van der Waals surface area contributed by atoms with Crippen LogP contribution in [0.2, 0.25) is 0 Å². The van der Waals surface area contributed by atoms with Crippen molar-refractivity contribution in [1.82, 2.24) is 14.6 Å². The minimum absolute atomic E-state index is 0.347. The molecule has 0 spiro atoms. The van der Waals surface area contributed by atoms with E-state index in [1.165, 1.54) is 6.33 Å². The Bertz CT molecular complexity index is 685. The Kier molecular flexibility index (Phi) is 3.14. The number of ether oxygens (including phenoxy) is 1. The van der Waals surface area contributed by atoms with Crippen LogP contribution in [0.1, 0.15) is 31.2 Å². The minimum atomic E-state index is -1.25. The first-order valence-electron chi connectivity index (χ1n) is 6.87. The Morgan fingerprint density at radius 3 is 2.86 bits per heavy atom.